The van der Waals surface area contributed by atoms with E-state index < -0.39 is 26.6 Å². The van der Waals surface area contributed by atoms with E-state index in [1.165, 1.54) is 4.31 Å². The molecule has 0 atom stereocenters. The number of hydrogen-bond donors (Lipinski definition) is 0. The fraction of sp³-hybridized carbons (Fsp3) is 0.316. The number of aromatic nitrogens is 2. The number of piperidine rings is 1. The third-order valence-corrected chi connectivity index (χ3v) is 7.00. The van der Waals surface area contributed by atoms with E-state index in [9.17, 15) is 17.2 Å². The van der Waals surface area contributed by atoms with E-state index in [0.717, 1.165) is 29.7 Å². The molecule has 1 aliphatic heterocycles. The van der Waals surface area contributed by atoms with Crippen LogP contribution in [0.5, 0.6) is 0 Å². The van der Waals surface area contributed by atoms with Crippen LogP contribution in [0, 0.1) is 17.6 Å². The van der Waals surface area contributed by atoms with Crippen molar-refractivity contribution in [1.82, 2.24) is 13.9 Å². The number of fused-ring (bicyclic) bond motifs is 1. The Labute approximate surface area is 156 Å². The summed E-state index contributed by atoms with van der Waals surface area (Å²) in [7, 11) is -3.96. The molecule has 1 fully saturated rings. The van der Waals surface area contributed by atoms with E-state index in [1.807, 2.05) is 30.6 Å². The molecule has 0 aliphatic carbocycles. The van der Waals surface area contributed by atoms with Gasteiger partial charge in [0.15, 0.2) is 0 Å². The second kappa shape index (κ2) is 7.01. The Balaban J connectivity index is 1.45. The Morgan fingerprint density at radius 2 is 1.81 bits per heavy atom. The van der Waals surface area contributed by atoms with Crippen molar-refractivity contribution in [2.24, 2.45) is 5.92 Å². The zero-order chi connectivity index (χ0) is 19.0. The average molecular weight is 391 g/mol. The highest BCUT2D eigenvalue weighted by atomic mass is 32.2. The van der Waals surface area contributed by atoms with Gasteiger partial charge in [0.2, 0.25) is 10.0 Å². The summed E-state index contributed by atoms with van der Waals surface area (Å²) in [6, 6.07) is 10.4. The summed E-state index contributed by atoms with van der Waals surface area (Å²) in [5.41, 5.74) is 1.99. The fourth-order valence-corrected chi connectivity index (χ4v) is 5.10. The molecule has 2 heterocycles. The molecule has 142 valence electrons. The lowest BCUT2D eigenvalue weighted by Gasteiger charge is -2.31. The highest BCUT2D eigenvalue weighted by Gasteiger charge is 2.31. The summed E-state index contributed by atoms with van der Waals surface area (Å²) in [5, 5.41) is 0. The minimum absolute atomic E-state index is 0.312. The first-order chi connectivity index (χ1) is 12.9. The van der Waals surface area contributed by atoms with Gasteiger partial charge in [-0.3, -0.25) is 0 Å². The van der Waals surface area contributed by atoms with Crippen LogP contribution >= 0.6 is 0 Å². The molecule has 2 aromatic carbocycles. The van der Waals surface area contributed by atoms with Gasteiger partial charge in [-0.2, -0.15) is 4.31 Å². The zero-order valence-electron chi connectivity index (χ0n) is 14.6. The van der Waals surface area contributed by atoms with Crippen LogP contribution in [0.1, 0.15) is 12.8 Å². The fourth-order valence-electron chi connectivity index (χ4n) is 3.59. The van der Waals surface area contributed by atoms with Crippen molar-refractivity contribution in [2.75, 3.05) is 13.1 Å². The van der Waals surface area contributed by atoms with Crippen LogP contribution in [0.2, 0.25) is 0 Å². The molecule has 1 aromatic heterocycles. The van der Waals surface area contributed by atoms with E-state index in [0.29, 0.717) is 37.9 Å². The molecule has 0 bridgehead atoms. The number of sulfonamides is 1. The van der Waals surface area contributed by atoms with Crippen LogP contribution in [0.3, 0.4) is 0 Å². The molecule has 4 rings (SSSR count). The standard InChI is InChI=1S/C19H19F2N3O2S/c20-15-5-6-19(16(21)11-15)27(25,26)24-9-7-14(8-10-24)12-23-13-22-17-3-1-2-4-18(17)23/h1-6,11,13-14H,7-10,12H2. The maximum absolute atomic E-state index is 13.9. The predicted octanol–water partition coefficient (Wildman–Crippen LogP) is 3.42. The number of rotatable bonds is 4. The summed E-state index contributed by atoms with van der Waals surface area (Å²) in [6.45, 7) is 1.40. The summed E-state index contributed by atoms with van der Waals surface area (Å²) in [5.74, 6) is -1.54. The van der Waals surface area contributed by atoms with E-state index in [-0.39, 0.29) is 0 Å². The smallest absolute Gasteiger partial charge is 0.245 e. The summed E-state index contributed by atoms with van der Waals surface area (Å²) in [6.07, 6.45) is 3.16. The van der Waals surface area contributed by atoms with Crippen molar-refractivity contribution in [1.29, 1.82) is 0 Å². The van der Waals surface area contributed by atoms with Gasteiger partial charge in [0.1, 0.15) is 16.5 Å². The Kier molecular flexibility index (Phi) is 4.69. The lowest BCUT2D eigenvalue weighted by molar-refractivity contribution is 0.254. The number of para-hydroxylation sites is 2. The van der Waals surface area contributed by atoms with E-state index in [2.05, 4.69) is 9.55 Å². The van der Waals surface area contributed by atoms with Gasteiger partial charge in [-0.15, -0.1) is 0 Å². The van der Waals surface area contributed by atoms with Crippen molar-refractivity contribution >= 4 is 21.1 Å². The van der Waals surface area contributed by atoms with Crippen molar-refractivity contribution < 1.29 is 17.2 Å². The molecule has 1 aliphatic rings. The maximum Gasteiger partial charge on any atom is 0.245 e. The van der Waals surface area contributed by atoms with Gasteiger partial charge >= 0.3 is 0 Å². The highest BCUT2D eigenvalue weighted by Crippen LogP contribution is 2.27. The van der Waals surface area contributed by atoms with Crippen LogP contribution in [-0.4, -0.2) is 35.4 Å². The maximum atomic E-state index is 13.9. The van der Waals surface area contributed by atoms with Gasteiger partial charge in [-0.1, -0.05) is 12.1 Å². The Bertz CT molecular complexity index is 1070. The molecule has 1 saturated heterocycles. The minimum Gasteiger partial charge on any atom is -0.330 e. The second-order valence-electron chi connectivity index (χ2n) is 6.81. The number of benzene rings is 2. The lowest BCUT2D eigenvalue weighted by Crippen LogP contribution is -2.39. The van der Waals surface area contributed by atoms with Gasteiger partial charge in [0.25, 0.3) is 0 Å². The molecular formula is C19H19F2N3O2S. The van der Waals surface area contributed by atoms with Crippen LogP contribution in [0.15, 0.2) is 53.7 Å². The number of imidazole rings is 1. The number of halogens is 2. The minimum atomic E-state index is -3.96. The monoisotopic (exact) mass is 391 g/mol. The number of nitrogens with zero attached hydrogens (tertiary/aromatic N) is 3. The predicted molar refractivity (Wildman–Crippen MR) is 97.6 cm³/mol. The first-order valence-electron chi connectivity index (χ1n) is 8.80. The molecule has 0 radical (unpaired) electrons. The van der Waals surface area contributed by atoms with Gasteiger partial charge in [-0.25, -0.2) is 22.2 Å². The average Bonchev–Trinajstić information content (AvgIpc) is 3.05. The molecule has 0 unspecified atom stereocenters. The first kappa shape index (κ1) is 18.1. The topological polar surface area (TPSA) is 55.2 Å². The number of hydrogen-bond acceptors (Lipinski definition) is 3. The highest BCUT2D eigenvalue weighted by molar-refractivity contribution is 7.89. The lowest BCUT2D eigenvalue weighted by atomic mass is 9.98. The van der Waals surface area contributed by atoms with Crippen molar-refractivity contribution in [2.45, 2.75) is 24.3 Å². The van der Waals surface area contributed by atoms with Crippen LogP contribution in [-0.2, 0) is 16.6 Å². The summed E-state index contributed by atoms with van der Waals surface area (Å²) >= 11 is 0. The third-order valence-electron chi connectivity index (χ3n) is 5.07. The van der Waals surface area contributed by atoms with Crippen molar-refractivity contribution in [3.63, 3.8) is 0 Å². The van der Waals surface area contributed by atoms with Gasteiger partial charge in [0, 0.05) is 25.7 Å². The van der Waals surface area contributed by atoms with Crippen LogP contribution in [0.4, 0.5) is 8.78 Å². The SMILES string of the molecule is O=S(=O)(c1ccc(F)cc1F)N1CCC(Cn2cnc3ccccc32)CC1. The molecule has 3 aromatic rings. The Morgan fingerprint density at radius 3 is 2.56 bits per heavy atom. The van der Waals surface area contributed by atoms with Gasteiger partial charge < -0.3 is 4.57 Å². The molecule has 0 saturated carbocycles. The van der Waals surface area contributed by atoms with Gasteiger partial charge in [-0.05, 0) is 43.0 Å². The van der Waals surface area contributed by atoms with E-state index >= 15 is 0 Å². The quantitative estimate of drug-likeness (QED) is 0.685. The zero-order valence-corrected chi connectivity index (χ0v) is 15.4. The molecular weight excluding hydrogens is 372 g/mol. The molecule has 8 heteroatoms. The molecule has 0 N–H and O–H groups in total. The van der Waals surface area contributed by atoms with Gasteiger partial charge in [0.05, 0.1) is 17.4 Å². The van der Waals surface area contributed by atoms with Crippen LogP contribution < -0.4 is 0 Å². The Hall–Kier alpha value is -2.32. The molecule has 27 heavy (non-hydrogen) atoms. The third kappa shape index (κ3) is 3.46. The van der Waals surface area contributed by atoms with Crippen LogP contribution in [0.25, 0.3) is 11.0 Å². The summed E-state index contributed by atoms with van der Waals surface area (Å²) in [4.78, 5) is 3.91. The first-order valence-corrected chi connectivity index (χ1v) is 10.2. The normalized spacial score (nSPS) is 16.8. The van der Waals surface area contributed by atoms with E-state index in [4.69, 9.17) is 0 Å². The van der Waals surface area contributed by atoms with E-state index in [1.54, 1.807) is 0 Å². The molecule has 0 spiro atoms. The molecule has 0 amide bonds. The second-order valence-corrected chi connectivity index (χ2v) is 8.71. The molecule has 5 nitrogen and oxygen atoms in total. The Morgan fingerprint density at radius 1 is 1.07 bits per heavy atom. The largest absolute Gasteiger partial charge is 0.330 e. The van der Waals surface area contributed by atoms with Crippen molar-refractivity contribution in [3.05, 3.63) is 60.4 Å². The van der Waals surface area contributed by atoms with Crippen molar-refractivity contribution in [3.8, 4) is 0 Å². The summed E-state index contributed by atoms with van der Waals surface area (Å²) < 4.78 is 55.7.